The highest BCUT2D eigenvalue weighted by Gasteiger charge is 2.07. The van der Waals surface area contributed by atoms with E-state index < -0.39 is 0 Å². The van der Waals surface area contributed by atoms with E-state index in [0.29, 0.717) is 18.1 Å². The third kappa shape index (κ3) is 4.99. The first kappa shape index (κ1) is 16.3. The smallest absolute Gasteiger partial charge is 0.256 e. The number of halogens is 1. The van der Waals surface area contributed by atoms with Gasteiger partial charge in [-0.3, -0.25) is 0 Å². The van der Waals surface area contributed by atoms with Gasteiger partial charge < -0.3 is 20.9 Å². The molecule has 120 valence electrons. The van der Waals surface area contributed by atoms with Crippen molar-refractivity contribution in [3.63, 3.8) is 0 Å². The molecule has 0 radical (unpaired) electrons. The number of ether oxygens (including phenoxy) is 2. The highest BCUT2D eigenvalue weighted by Crippen LogP contribution is 2.28. The van der Waals surface area contributed by atoms with Crippen LogP contribution >= 0.6 is 0 Å². The minimum absolute atomic E-state index is 0.0625. The van der Waals surface area contributed by atoms with Gasteiger partial charge in [-0.25, -0.2) is 4.39 Å². The van der Waals surface area contributed by atoms with Crippen LogP contribution in [-0.2, 0) is 6.61 Å². The molecule has 6 nitrogen and oxygen atoms in total. The fourth-order valence-electron chi connectivity index (χ4n) is 1.82. The van der Waals surface area contributed by atoms with E-state index in [1.165, 1.54) is 12.1 Å². The number of rotatable bonds is 6. The topological polar surface area (TPSA) is 96.8 Å². The van der Waals surface area contributed by atoms with Gasteiger partial charge in [-0.2, -0.15) is 0 Å². The monoisotopic (exact) mass is 317 g/mol. The molecule has 0 bridgehead atoms. The van der Waals surface area contributed by atoms with Gasteiger partial charge in [0.05, 0.1) is 7.11 Å². The molecule has 0 aromatic heterocycles. The summed E-state index contributed by atoms with van der Waals surface area (Å²) < 4.78 is 23.9. The number of nitrogens with zero attached hydrogens (tertiary/aromatic N) is 1. The van der Waals surface area contributed by atoms with Crippen molar-refractivity contribution in [1.82, 2.24) is 0 Å². The Morgan fingerprint density at radius 3 is 2.57 bits per heavy atom. The molecule has 5 N–H and O–H groups in total. The van der Waals surface area contributed by atoms with E-state index in [1.54, 1.807) is 37.6 Å². The second-order valence-electron chi connectivity index (χ2n) is 4.64. The van der Waals surface area contributed by atoms with Gasteiger partial charge in [0.15, 0.2) is 11.5 Å². The average Bonchev–Trinajstić information content (AvgIpc) is 2.54. The summed E-state index contributed by atoms with van der Waals surface area (Å²) in [6.45, 7) is 0.311. The summed E-state index contributed by atoms with van der Waals surface area (Å²) >= 11 is 0. The van der Waals surface area contributed by atoms with Crippen LogP contribution in [0.5, 0.6) is 11.5 Å². The van der Waals surface area contributed by atoms with Crippen molar-refractivity contribution in [3.05, 3.63) is 59.4 Å². The molecule has 0 aliphatic rings. The molecule has 0 saturated carbocycles. The van der Waals surface area contributed by atoms with Gasteiger partial charge in [-0.15, -0.1) is 5.10 Å². The van der Waals surface area contributed by atoms with Crippen LogP contribution in [0.4, 0.5) is 4.39 Å². The van der Waals surface area contributed by atoms with E-state index in [-0.39, 0.29) is 11.8 Å². The fourth-order valence-corrected chi connectivity index (χ4v) is 1.82. The molecule has 0 saturated heterocycles. The maximum atomic E-state index is 12.9. The zero-order valence-electron chi connectivity index (χ0n) is 12.6. The molecule has 2 aromatic carbocycles. The van der Waals surface area contributed by atoms with Crippen LogP contribution in [0.2, 0.25) is 0 Å². The molecule has 0 spiro atoms. The maximum Gasteiger partial charge on any atom is 0.256 e. The SMILES string of the molecule is COc1cc(/C=[NH+]/N=C(N)N)ccc1OCc1ccc(F)cc1. The summed E-state index contributed by atoms with van der Waals surface area (Å²) in [7, 11) is 1.55. The van der Waals surface area contributed by atoms with E-state index in [2.05, 4.69) is 10.2 Å². The lowest BCUT2D eigenvalue weighted by Gasteiger charge is -2.11. The van der Waals surface area contributed by atoms with Gasteiger partial charge in [-0.05, 0) is 35.9 Å². The molecule has 2 aromatic rings. The van der Waals surface area contributed by atoms with E-state index >= 15 is 0 Å². The van der Waals surface area contributed by atoms with Crippen LogP contribution in [0.3, 0.4) is 0 Å². The Morgan fingerprint density at radius 1 is 1.17 bits per heavy atom. The van der Waals surface area contributed by atoms with Crippen molar-refractivity contribution in [3.8, 4) is 11.5 Å². The number of methoxy groups -OCH3 is 1. The molecular formula is C16H18FN4O2+. The Labute approximate surface area is 133 Å². The highest BCUT2D eigenvalue weighted by atomic mass is 19.1. The predicted octanol–water partition coefficient (Wildman–Crippen LogP) is 0.101. The number of guanidine groups is 1. The largest absolute Gasteiger partial charge is 0.493 e. The van der Waals surface area contributed by atoms with Crippen molar-refractivity contribution in [2.75, 3.05) is 7.11 Å². The first-order valence-corrected chi connectivity index (χ1v) is 6.81. The minimum atomic E-state index is -0.278. The summed E-state index contributed by atoms with van der Waals surface area (Å²) in [4.78, 5) is 0. The normalized spacial score (nSPS) is 10.5. The predicted molar refractivity (Wildman–Crippen MR) is 85.7 cm³/mol. The number of nitrogens with two attached hydrogens (primary N) is 2. The minimum Gasteiger partial charge on any atom is -0.493 e. The Bertz CT molecular complexity index is 711. The fraction of sp³-hybridized carbons (Fsp3) is 0.125. The van der Waals surface area contributed by atoms with Crippen molar-refractivity contribution in [2.45, 2.75) is 6.61 Å². The summed E-state index contributed by atoms with van der Waals surface area (Å²) in [5.41, 5.74) is 12.1. The molecule has 0 unspecified atom stereocenters. The lowest BCUT2D eigenvalue weighted by atomic mass is 10.2. The summed E-state index contributed by atoms with van der Waals surface area (Å²) in [5.74, 6) is 0.801. The van der Waals surface area contributed by atoms with Gasteiger partial charge >= 0.3 is 0 Å². The molecule has 0 heterocycles. The molecular weight excluding hydrogens is 299 g/mol. The Balaban J connectivity index is 2.08. The third-order valence-corrected chi connectivity index (χ3v) is 2.92. The van der Waals surface area contributed by atoms with Gasteiger partial charge in [-0.1, -0.05) is 12.1 Å². The summed E-state index contributed by atoms with van der Waals surface area (Å²) in [6.07, 6.45) is 1.62. The van der Waals surface area contributed by atoms with Crippen LogP contribution in [0.25, 0.3) is 0 Å². The molecule has 23 heavy (non-hydrogen) atoms. The Morgan fingerprint density at radius 2 is 1.91 bits per heavy atom. The molecule has 0 aliphatic carbocycles. The maximum absolute atomic E-state index is 12.9. The van der Waals surface area contributed by atoms with Crippen LogP contribution < -0.4 is 26.0 Å². The number of benzene rings is 2. The molecule has 0 amide bonds. The summed E-state index contributed by atoms with van der Waals surface area (Å²) in [5, 5.41) is 6.26. The van der Waals surface area contributed by atoms with Crippen molar-refractivity contribution in [2.24, 2.45) is 16.6 Å². The second-order valence-corrected chi connectivity index (χ2v) is 4.64. The third-order valence-electron chi connectivity index (χ3n) is 2.92. The van der Waals surface area contributed by atoms with Crippen LogP contribution in [0.15, 0.2) is 47.6 Å². The standard InChI is InChI=1S/C16H17FN4O2/c1-22-15-8-12(9-20-21-16(18)19)4-7-14(15)23-10-11-2-5-13(17)6-3-11/h2-9H,10H2,1H3,(H4,18,19,21)/p+1/b20-9+. The van der Waals surface area contributed by atoms with Crippen LogP contribution in [0, 0.1) is 5.82 Å². The number of hydrazone groups is 1. The zero-order valence-corrected chi connectivity index (χ0v) is 12.6. The summed E-state index contributed by atoms with van der Waals surface area (Å²) in [6, 6.07) is 11.5. The van der Waals surface area contributed by atoms with Crippen LogP contribution in [0.1, 0.15) is 11.1 Å². The van der Waals surface area contributed by atoms with Gasteiger partial charge in [0.25, 0.3) is 5.96 Å². The van der Waals surface area contributed by atoms with E-state index in [0.717, 1.165) is 11.1 Å². The second kappa shape index (κ2) is 7.79. The van der Waals surface area contributed by atoms with E-state index in [9.17, 15) is 4.39 Å². The molecule has 0 fully saturated rings. The molecule has 0 atom stereocenters. The quantitative estimate of drug-likeness (QED) is 0.400. The van der Waals surface area contributed by atoms with Gasteiger partial charge in [0.1, 0.15) is 12.4 Å². The first-order valence-electron chi connectivity index (χ1n) is 6.81. The van der Waals surface area contributed by atoms with E-state index in [1.807, 2.05) is 6.07 Å². The number of hydrogen-bond donors (Lipinski definition) is 3. The molecule has 0 aliphatic heterocycles. The van der Waals surface area contributed by atoms with Crippen molar-refractivity contribution in [1.29, 1.82) is 0 Å². The molecule has 2 rings (SSSR count). The highest BCUT2D eigenvalue weighted by molar-refractivity contribution is 5.78. The average molecular weight is 317 g/mol. The first-order chi connectivity index (χ1) is 11.1. The van der Waals surface area contributed by atoms with Crippen LogP contribution in [-0.4, -0.2) is 19.3 Å². The lowest BCUT2D eigenvalue weighted by molar-refractivity contribution is -0.456. The van der Waals surface area contributed by atoms with Gasteiger partial charge in [0.2, 0.25) is 6.21 Å². The zero-order chi connectivity index (χ0) is 16.7. The number of nitrogens with one attached hydrogen (secondary N) is 1. The Hall–Kier alpha value is -3.09. The van der Waals surface area contributed by atoms with E-state index in [4.69, 9.17) is 20.9 Å². The molecule has 7 heteroatoms. The van der Waals surface area contributed by atoms with Gasteiger partial charge in [0, 0.05) is 10.7 Å². The van der Waals surface area contributed by atoms with Crippen molar-refractivity contribution >= 4 is 12.2 Å². The lowest BCUT2D eigenvalue weighted by Crippen LogP contribution is -2.63. The Kier molecular flexibility index (Phi) is 5.51. The van der Waals surface area contributed by atoms with Crippen molar-refractivity contribution < 1.29 is 19.0 Å². The number of hydrogen-bond acceptors (Lipinski definition) is 3.